The lowest BCUT2D eigenvalue weighted by Gasteiger charge is -2.07. The summed E-state index contributed by atoms with van der Waals surface area (Å²) in [6.07, 6.45) is 1.49. The number of nitrogens with two attached hydrogens (primary N) is 1. The zero-order valence-corrected chi connectivity index (χ0v) is 14.9. The highest BCUT2D eigenvalue weighted by Crippen LogP contribution is 2.22. The van der Waals surface area contributed by atoms with Gasteiger partial charge < -0.3 is 15.2 Å². The van der Waals surface area contributed by atoms with Crippen LogP contribution in [0.2, 0.25) is 0 Å². The van der Waals surface area contributed by atoms with Gasteiger partial charge in [-0.25, -0.2) is 5.43 Å². The normalized spacial score (nSPS) is 10.5. The Balaban J connectivity index is 1.97. The van der Waals surface area contributed by atoms with Gasteiger partial charge in [-0.3, -0.25) is 9.59 Å². The van der Waals surface area contributed by atoms with Crippen LogP contribution in [0.3, 0.4) is 0 Å². The van der Waals surface area contributed by atoms with E-state index in [2.05, 4.69) is 26.5 Å². The quantitative estimate of drug-likeness (QED) is 0.543. The summed E-state index contributed by atoms with van der Waals surface area (Å²) in [4.78, 5) is 22.8. The summed E-state index contributed by atoms with van der Waals surface area (Å²) in [6.45, 7) is -0.183. The van der Waals surface area contributed by atoms with Crippen LogP contribution in [0, 0.1) is 0 Å². The third-order valence-corrected chi connectivity index (χ3v) is 3.54. The smallest absolute Gasteiger partial charge is 0.275 e. The van der Waals surface area contributed by atoms with Gasteiger partial charge in [-0.1, -0.05) is 15.9 Å². The number of amides is 2. The summed E-state index contributed by atoms with van der Waals surface area (Å²) < 4.78 is 11.1. The zero-order valence-electron chi connectivity index (χ0n) is 13.4. The molecule has 0 radical (unpaired) electrons. The van der Waals surface area contributed by atoms with Crippen LogP contribution in [0.5, 0.6) is 11.5 Å². The van der Waals surface area contributed by atoms with Gasteiger partial charge in [-0.15, -0.1) is 0 Å². The van der Waals surface area contributed by atoms with E-state index in [-0.39, 0.29) is 6.61 Å². The van der Waals surface area contributed by atoms with E-state index in [0.29, 0.717) is 17.1 Å². The molecule has 0 fully saturated rings. The van der Waals surface area contributed by atoms with Crippen molar-refractivity contribution in [2.45, 2.75) is 0 Å². The summed E-state index contributed by atoms with van der Waals surface area (Å²) >= 11 is 3.31. The third kappa shape index (κ3) is 5.61. The second-order valence-electron chi connectivity index (χ2n) is 4.87. The van der Waals surface area contributed by atoms with Crippen LogP contribution in [0.25, 0.3) is 0 Å². The maximum absolute atomic E-state index is 12.2. The molecule has 0 saturated heterocycles. The molecule has 0 spiro atoms. The van der Waals surface area contributed by atoms with Crippen LogP contribution >= 0.6 is 15.9 Å². The number of ether oxygens (including phenoxy) is 2. The number of hydrogen-bond acceptors (Lipinski definition) is 5. The van der Waals surface area contributed by atoms with Gasteiger partial charge in [-0.05, 0) is 48.0 Å². The van der Waals surface area contributed by atoms with Gasteiger partial charge in [0.15, 0.2) is 6.61 Å². The van der Waals surface area contributed by atoms with Crippen molar-refractivity contribution in [3.8, 4) is 11.5 Å². The minimum absolute atomic E-state index is 0.183. The molecule has 0 heterocycles. The molecule has 2 rings (SSSR count). The fourth-order valence-corrected chi connectivity index (χ4v) is 2.25. The van der Waals surface area contributed by atoms with E-state index in [1.807, 2.05) is 0 Å². The molecule has 0 aliphatic carbocycles. The van der Waals surface area contributed by atoms with E-state index in [0.717, 1.165) is 10.0 Å². The number of primary amides is 1. The number of hydrogen-bond donors (Lipinski definition) is 2. The highest BCUT2D eigenvalue weighted by atomic mass is 79.9. The average molecular weight is 406 g/mol. The van der Waals surface area contributed by atoms with E-state index >= 15 is 0 Å². The van der Waals surface area contributed by atoms with Crippen LogP contribution in [-0.2, 0) is 4.79 Å². The molecular formula is C17H16BrN3O4. The molecule has 0 bridgehead atoms. The minimum atomic E-state index is -0.545. The van der Waals surface area contributed by atoms with Gasteiger partial charge >= 0.3 is 0 Å². The zero-order chi connectivity index (χ0) is 18.2. The molecular weight excluding hydrogens is 390 g/mol. The Bertz CT molecular complexity index is 791. The lowest BCUT2D eigenvalue weighted by atomic mass is 10.2. The standard InChI is InChI=1S/C17H16BrN3O4/c1-24-15-7-4-12(18)8-14(15)17(23)21-20-9-11-2-5-13(6-3-11)25-10-16(19)22/h2-9H,10H2,1H3,(H2,19,22)(H,21,23)/b20-9+. The highest BCUT2D eigenvalue weighted by molar-refractivity contribution is 9.10. The van der Waals surface area contributed by atoms with Gasteiger partial charge in [-0.2, -0.15) is 5.10 Å². The first kappa shape index (κ1) is 18.5. The molecule has 0 atom stereocenters. The summed E-state index contributed by atoms with van der Waals surface area (Å²) in [6, 6.07) is 11.9. The monoisotopic (exact) mass is 405 g/mol. The second-order valence-corrected chi connectivity index (χ2v) is 5.78. The summed E-state index contributed by atoms with van der Waals surface area (Å²) in [5.74, 6) is 0.0258. The number of halogens is 1. The van der Waals surface area contributed by atoms with Crippen molar-refractivity contribution in [2.24, 2.45) is 10.8 Å². The van der Waals surface area contributed by atoms with Crippen LogP contribution in [0.4, 0.5) is 0 Å². The first-order chi connectivity index (χ1) is 12.0. The van der Waals surface area contributed by atoms with Gasteiger partial charge in [0.2, 0.25) is 0 Å². The van der Waals surface area contributed by atoms with Crippen LogP contribution < -0.4 is 20.6 Å². The van der Waals surface area contributed by atoms with Crippen molar-refractivity contribution in [3.05, 3.63) is 58.1 Å². The maximum Gasteiger partial charge on any atom is 0.275 e. The van der Waals surface area contributed by atoms with E-state index in [4.69, 9.17) is 15.2 Å². The first-order valence-corrected chi connectivity index (χ1v) is 7.97. The van der Waals surface area contributed by atoms with Crippen molar-refractivity contribution in [1.82, 2.24) is 5.43 Å². The van der Waals surface area contributed by atoms with Gasteiger partial charge in [0.25, 0.3) is 11.8 Å². The van der Waals surface area contributed by atoms with Crippen LogP contribution in [0.1, 0.15) is 15.9 Å². The van der Waals surface area contributed by atoms with Crippen molar-refractivity contribution in [3.63, 3.8) is 0 Å². The van der Waals surface area contributed by atoms with Gasteiger partial charge in [0.05, 0.1) is 18.9 Å². The summed E-state index contributed by atoms with van der Waals surface area (Å²) in [7, 11) is 1.49. The Morgan fingerprint density at radius 3 is 2.60 bits per heavy atom. The molecule has 2 amide bonds. The van der Waals surface area contributed by atoms with Crippen LogP contribution in [0.15, 0.2) is 52.0 Å². The Labute approximate surface area is 152 Å². The Hall–Kier alpha value is -2.87. The number of carbonyl (C=O) groups is 2. The molecule has 3 N–H and O–H groups in total. The lowest BCUT2D eigenvalue weighted by Crippen LogP contribution is -2.20. The predicted octanol–water partition coefficient (Wildman–Crippen LogP) is 2.09. The average Bonchev–Trinajstić information content (AvgIpc) is 2.60. The number of nitrogens with one attached hydrogen (secondary N) is 1. The first-order valence-electron chi connectivity index (χ1n) is 7.17. The van der Waals surface area contributed by atoms with E-state index in [1.54, 1.807) is 42.5 Å². The summed E-state index contributed by atoms with van der Waals surface area (Å²) in [5.41, 5.74) is 8.55. The molecule has 2 aromatic carbocycles. The molecule has 130 valence electrons. The number of methoxy groups -OCH3 is 1. The number of hydrazone groups is 1. The third-order valence-electron chi connectivity index (χ3n) is 3.05. The Kier molecular flexibility index (Phi) is 6.53. The Morgan fingerprint density at radius 1 is 1.24 bits per heavy atom. The highest BCUT2D eigenvalue weighted by Gasteiger charge is 2.11. The topological polar surface area (TPSA) is 103 Å². The molecule has 0 aromatic heterocycles. The molecule has 7 nitrogen and oxygen atoms in total. The Morgan fingerprint density at radius 2 is 1.96 bits per heavy atom. The van der Waals surface area contributed by atoms with Gasteiger partial charge in [0.1, 0.15) is 11.5 Å². The lowest BCUT2D eigenvalue weighted by molar-refractivity contribution is -0.119. The molecule has 8 heteroatoms. The number of carbonyl (C=O) groups excluding carboxylic acids is 2. The predicted molar refractivity (Wildman–Crippen MR) is 96.9 cm³/mol. The van der Waals surface area contributed by atoms with Crippen molar-refractivity contribution < 1.29 is 19.1 Å². The van der Waals surface area contributed by atoms with E-state index < -0.39 is 11.8 Å². The second kappa shape index (κ2) is 8.84. The summed E-state index contributed by atoms with van der Waals surface area (Å²) in [5, 5.41) is 3.92. The SMILES string of the molecule is COc1ccc(Br)cc1C(=O)N/N=C/c1ccc(OCC(N)=O)cc1. The molecule has 0 saturated carbocycles. The molecule has 0 unspecified atom stereocenters. The van der Waals surface area contributed by atoms with Gasteiger partial charge in [0, 0.05) is 4.47 Å². The van der Waals surface area contributed by atoms with Crippen molar-refractivity contribution >= 4 is 34.0 Å². The number of rotatable bonds is 7. The fourth-order valence-electron chi connectivity index (χ4n) is 1.89. The molecule has 25 heavy (non-hydrogen) atoms. The van der Waals surface area contributed by atoms with Crippen LogP contribution in [-0.4, -0.2) is 31.7 Å². The minimum Gasteiger partial charge on any atom is -0.496 e. The molecule has 2 aromatic rings. The molecule has 0 aliphatic heterocycles. The van der Waals surface area contributed by atoms with E-state index in [1.165, 1.54) is 13.3 Å². The van der Waals surface area contributed by atoms with Crippen molar-refractivity contribution in [1.29, 1.82) is 0 Å². The maximum atomic E-state index is 12.2. The molecule has 0 aliphatic rings. The van der Waals surface area contributed by atoms with E-state index in [9.17, 15) is 9.59 Å². The van der Waals surface area contributed by atoms with Crippen molar-refractivity contribution in [2.75, 3.05) is 13.7 Å². The number of nitrogens with zero attached hydrogens (tertiary/aromatic N) is 1. The fraction of sp³-hybridized carbons (Fsp3) is 0.118. The number of benzene rings is 2. The largest absolute Gasteiger partial charge is 0.496 e.